The first-order valence-electron chi connectivity index (χ1n) is 13.7. The van der Waals surface area contributed by atoms with Crippen molar-refractivity contribution in [1.29, 1.82) is 0 Å². The van der Waals surface area contributed by atoms with Crippen LogP contribution in [0.5, 0.6) is 5.75 Å². The zero-order chi connectivity index (χ0) is 25.3. The number of aliphatic hydroxyl groups is 1. The number of unbranched alkanes of at least 4 members (excludes halogenated alkanes) is 3. The van der Waals surface area contributed by atoms with Crippen LogP contribution in [0.25, 0.3) is 0 Å². The highest BCUT2D eigenvalue weighted by Gasteiger charge is 2.16. The summed E-state index contributed by atoms with van der Waals surface area (Å²) in [5.74, 6) is 0.353. The molecule has 0 amide bonds. The highest BCUT2D eigenvalue weighted by atomic mass is 16.4. The van der Waals surface area contributed by atoms with Crippen LogP contribution in [-0.4, -0.2) is 34.4 Å². The Kier molecular flexibility index (Phi) is 14.4. The number of allylic oxidation sites excluding steroid dienone is 3. The van der Waals surface area contributed by atoms with Crippen molar-refractivity contribution in [2.24, 2.45) is 23.5 Å². The second-order valence-corrected chi connectivity index (χ2v) is 10.2. The van der Waals surface area contributed by atoms with Gasteiger partial charge in [-0.15, -0.1) is 0 Å². The van der Waals surface area contributed by atoms with E-state index in [2.05, 4.69) is 12.2 Å². The molecular formula is C30H47NO4. The lowest BCUT2D eigenvalue weighted by Gasteiger charge is -2.16. The Morgan fingerprint density at radius 3 is 2.49 bits per heavy atom. The molecule has 5 N–H and O–H groups in total. The molecule has 3 atom stereocenters. The van der Waals surface area contributed by atoms with Crippen LogP contribution in [0.15, 0.2) is 48.1 Å². The standard InChI is InChI=1S/C30H47NO4/c31-20-19-27-14-13-25(23-27)9-4-2-1-3-8-24(22-26-15-17-29(33)18-16-26)10-5-6-11-28(30(34)35)12-7-21-32/h5-6,15-18,23-25,28,32-33H,1-4,7-14,19-22,31H2,(H,34,35). The molecule has 2 rings (SSSR count). The molecule has 0 radical (unpaired) electrons. The van der Waals surface area contributed by atoms with Gasteiger partial charge in [0, 0.05) is 6.61 Å². The molecule has 5 heteroatoms. The van der Waals surface area contributed by atoms with E-state index in [0.717, 1.165) is 38.1 Å². The first-order chi connectivity index (χ1) is 17.0. The summed E-state index contributed by atoms with van der Waals surface area (Å²) in [6.45, 7) is 0.803. The second-order valence-electron chi connectivity index (χ2n) is 10.2. The van der Waals surface area contributed by atoms with Gasteiger partial charge in [-0.1, -0.05) is 61.6 Å². The van der Waals surface area contributed by atoms with Gasteiger partial charge < -0.3 is 21.1 Å². The van der Waals surface area contributed by atoms with E-state index in [9.17, 15) is 15.0 Å². The Hall–Kier alpha value is -2.11. The molecule has 0 fully saturated rings. The second kappa shape index (κ2) is 17.3. The van der Waals surface area contributed by atoms with Gasteiger partial charge in [-0.05, 0) is 100 Å². The predicted molar refractivity (Wildman–Crippen MR) is 143 cm³/mol. The van der Waals surface area contributed by atoms with E-state index in [0.29, 0.717) is 30.9 Å². The number of aliphatic hydroxyl groups excluding tert-OH is 1. The highest BCUT2D eigenvalue weighted by molar-refractivity contribution is 5.70. The molecule has 1 aromatic rings. The number of carboxylic acid groups (broad SMARTS) is 1. The van der Waals surface area contributed by atoms with E-state index >= 15 is 0 Å². The number of aromatic hydroxyl groups is 1. The fourth-order valence-electron chi connectivity index (χ4n) is 5.18. The summed E-state index contributed by atoms with van der Waals surface area (Å²) in [5, 5.41) is 27.9. The summed E-state index contributed by atoms with van der Waals surface area (Å²) in [7, 11) is 0. The number of aliphatic carboxylic acids is 1. The van der Waals surface area contributed by atoms with E-state index in [4.69, 9.17) is 10.8 Å². The van der Waals surface area contributed by atoms with Crippen molar-refractivity contribution >= 4 is 5.97 Å². The zero-order valence-corrected chi connectivity index (χ0v) is 21.4. The number of rotatable bonds is 19. The number of benzene rings is 1. The van der Waals surface area contributed by atoms with Gasteiger partial charge in [0.2, 0.25) is 0 Å². The molecule has 0 heterocycles. The van der Waals surface area contributed by atoms with Gasteiger partial charge in [0.1, 0.15) is 5.75 Å². The first-order valence-corrected chi connectivity index (χ1v) is 13.7. The van der Waals surface area contributed by atoms with Crippen LogP contribution in [0.1, 0.15) is 89.0 Å². The molecule has 0 saturated carbocycles. The Morgan fingerprint density at radius 2 is 1.77 bits per heavy atom. The number of phenols is 1. The van der Waals surface area contributed by atoms with Crippen LogP contribution in [-0.2, 0) is 11.2 Å². The summed E-state index contributed by atoms with van der Waals surface area (Å²) in [6, 6.07) is 7.49. The molecule has 0 aliphatic heterocycles. The molecule has 5 nitrogen and oxygen atoms in total. The minimum Gasteiger partial charge on any atom is -0.508 e. The Morgan fingerprint density at radius 1 is 1.03 bits per heavy atom. The lowest BCUT2D eigenvalue weighted by molar-refractivity contribution is -0.141. The van der Waals surface area contributed by atoms with Crippen LogP contribution in [0, 0.1) is 17.8 Å². The first kappa shape index (κ1) is 29.1. The number of nitrogens with two attached hydrogens (primary N) is 1. The Labute approximate surface area is 212 Å². The summed E-state index contributed by atoms with van der Waals surface area (Å²) < 4.78 is 0. The fraction of sp³-hybridized carbons (Fsp3) is 0.633. The topological polar surface area (TPSA) is 104 Å². The molecule has 0 spiro atoms. The third-order valence-corrected chi connectivity index (χ3v) is 7.29. The van der Waals surface area contributed by atoms with E-state index in [1.54, 1.807) is 17.7 Å². The van der Waals surface area contributed by atoms with Gasteiger partial charge in [0.25, 0.3) is 0 Å². The van der Waals surface area contributed by atoms with Crippen LogP contribution in [0.2, 0.25) is 0 Å². The van der Waals surface area contributed by atoms with Crippen LogP contribution in [0.3, 0.4) is 0 Å². The highest BCUT2D eigenvalue weighted by Crippen LogP contribution is 2.30. The van der Waals surface area contributed by atoms with Crippen LogP contribution >= 0.6 is 0 Å². The van der Waals surface area contributed by atoms with Crippen LogP contribution < -0.4 is 5.73 Å². The third-order valence-electron chi connectivity index (χ3n) is 7.29. The molecule has 1 aliphatic carbocycles. The Bertz CT molecular complexity index is 771. The molecule has 0 bridgehead atoms. The average Bonchev–Trinajstić information content (AvgIpc) is 3.29. The minimum absolute atomic E-state index is 0.0366. The molecule has 0 saturated heterocycles. The number of hydrogen-bond acceptors (Lipinski definition) is 4. The summed E-state index contributed by atoms with van der Waals surface area (Å²) >= 11 is 0. The van der Waals surface area contributed by atoms with Gasteiger partial charge in [0.05, 0.1) is 5.92 Å². The van der Waals surface area contributed by atoms with Crippen molar-refractivity contribution in [2.45, 2.75) is 89.9 Å². The van der Waals surface area contributed by atoms with Gasteiger partial charge >= 0.3 is 5.97 Å². The largest absolute Gasteiger partial charge is 0.508 e. The third kappa shape index (κ3) is 12.4. The molecular weight excluding hydrogens is 438 g/mol. The SMILES string of the molecule is NCCC1=CC(CCCCCCC(CC=CCC(CCCO)C(=O)O)Cc2ccc(O)cc2)CC1. The molecule has 3 unspecified atom stereocenters. The smallest absolute Gasteiger partial charge is 0.306 e. The van der Waals surface area contributed by atoms with Crippen molar-refractivity contribution in [3.05, 3.63) is 53.6 Å². The lowest BCUT2D eigenvalue weighted by atomic mass is 9.90. The van der Waals surface area contributed by atoms with E-state index < -0.39 is 11.9 Å². The zero-order valence-electron chi connectivity index (χ0n) is 21.4. The maximum atomic E-state index is 11.4. The molecule has 0 aromatic heterocycles. The number of carboxylic acids is 1. The van der Waals surface area contributed by atoms with E-state index in [-0.39, 0.29) is 6.61 Å². The van der Waals surface area contributed by atoms with Gasteiger partial charge in [-0.25, -0.2) is 0 Å². The van der Waals surface area contributed by atoms with E-state index in [1.807, 2.05) is 18.2 Å². The normalized spacial score (nSPS) is 17.5. The lowest BCUT2D eigenvalue weighted by Crippen LogP contribution is -2.13. The van der Waals surface area contributed by atoms with Crippen LogP contribution in [0.4, 0.5) is 0 Å². The summed E-state index contributed by atoms with van der Waals surface area (Å²) in [5.41, 5.74) is 8.47. The summed E-state index contributed by atoms with van der Waals surface area (Å²) in [4.78, 5) is 11.4. The van der Waals surface area contributed by atoms with Gasteiger partial charge in [-0.2, -0.15) is 0 Å². The van der Waals surface area contributed by atoms with Gasteiger partial charge in [-0.3, -0.25) is 4.79 Å². The minimum atomic E-state index is -0.785. The molecule has 1 aliphatic rings. The molecule has 35 heavy (non-hydrogen) atoms. The monoisotopic (exact) mass is 485 g/mol. The van der Waals surface area contributed by atoms with Crippen molar-refractivity contribution in [3.63, 3.8) is 0 Å². The quantitative estimate of drug-likeness (QED) is 0.134. The van der Waals surface area contributed by atoms with Crippen molar-refractivity contribution < 1.29 is 20.1 Å². The fourth-order valence-corrected chi connectivity index (χ4v) is 5.18. The average molecular weight is 486 g/mol. The van der Waals surface area contributed by atoms with Crippen molar-refractivity contribution in [1.82, 2.24) is 0 Å². The number of phenolic OH excluding ortho intramolecular Hbond substituents is 1. The maximum absolute atomic E-state index is 11.4. The van der Waals surface area contributed by atoms with E-state index in [1.165, 1.54) is 50.5 Å². The Balaban J connectivity index is 1.75. The molecule has 196 valence electrons. The predicted octanol–water partition coefficient (Wildman–Crippen LogP) is 6.39. The summed E-state index contributed by atoms with van der Waals surface area (Å²) in [6.07, 6.45) is 21.2. The van der Waals surface area contributed by atoms with Crippen molar-refractivity contribution in [2.75, 3.05) is 13.2 Å². The maximum Gasteiger partial charge on any atom is 0.306 e. The van der Waals surface area contributed by atoms with Gasteiger partial charge in [0.15, 0.2) is 0 Å². The number of carbonyl (C=O) groups is 1. The molecule has 1 aromatic carbocycles. The number of hydrogen-bond donors (Lipinski definition) is 4. The van der Waals surface area contributed by atoms with Crippen molar-refractivity contribution in [3.8, 4) is 5.75 Å².